The van der Waals surface area contributed by atoms with Crippen molar-refractivity contribution in [1.82, 2.24) is 0 Å². The van der Waals surface area contributed by atoms with Crippen LogP contribution in [0.25, 0.3) is 0 Å². The number of rotatable bonds is 2. The Kier molecular flexibility index (Phi) is 3.79. The van der Waals surface area contributed by atoms with E-state index in [2.05, 4.69) is 4.99 Å². The molecule has 0 aliphatic rings. The summed E-state index contributed by atoms with van der Waals surface area (Å²) in [5.74, 6) is 0. The van der Waals surface area contributed by atoms with E-state index in [-0.39, 0.29) is 16.3 Å². The van der Waals surface area contributed by atoms with E-state index < -0.39 is 12.3 Å². The van der Waals surface area contributed by atoms with Gasteiger partial charge in [-0.05, 0) is 24.6 Å². The van der Waals surface area contributed by atoms with Crippen LogP contribution in [0.2, 0.25) is 0 Å². The number of amides is 2. The van der Waals surface area contributed by atoms with Crippen molar-refractivity contribution in [3.63, 3.8) is 0 Å². The summed E-state index contributed by atoms with van der Waals surface area (Å²) in [6.07, 6.45) is -3.27. The molecule has 17 heavy (non-hydrogen) atoms. The SMILES string of the molecule is Cc1ccc(N(C(=O)F)C(=O)F)cc1N=C=O. The van der Waals surface area contributed by atoms with Gasteiger partial charge in [0, 0.05) is 0 Å². The number of carbonyl (C=O) groups excluding carboxylic acids is 3. The van der Waals surface area contributed by atoms with E-state index in [9.17, 15) is 23.2 Å². The first-order chi connectivity index (χ1) is 7.97. The average Bonchev–Trinajstić information content (AvgIpc) is 2.22. The number of halogens is 2. The van der Waals surface area contributed by atoms with Gasteiger partial charge in [0.15, 0.2) is 0 Å². The van der Waals surface area contributed by atoms with Gasteiger partial charge in [-0.25, -0.2) is 14.4 Å². The van der Waals surface area contributed by atoms with Crippen LogP contribution in [-0.4, -0.2) is 18.4 Å². The van der Waals surface area contributed by atoms with Crippen LogP contribution in [0.4, 0.5) is 29.7 Å². The second-order valence-corrected chi connectivity index (χ2v) is 3.02. The van der Waals surface area contributed by atoms with Crippen LogP contribution in [0.15, 0.2) is 23.2 Å². The van der Waals surface area contributed by atoms with Gasteiger partial charge >= 0.3 is 12.3 Å². The first kappa shape index (κ1) is 12.7. The maximum atomic E-state index is 12.4. The Hall–Kier alpha value is -2.40. The van der Waals surface area contributed by atoms with Crippen LogP contribution < -0.4 is 4.90 Å². The normalized spacial score (nSPS) is 9.35. The smallest absolute Gasteiger partial charge is 0.233 e. The topological polar surface area (TPSA) is 66.8 Å². The molecule has 0 spiro atoms. The fraction of sp³-hybridized carbons (Fsp3) is 0.100. The Morgan fingerprint density at radius 2 is 1.88 bits per heavy atom. The highest BCUT2D eigenvalue weighted by molar-refractivity contribution is 6.08. The Labute approximate surface area is 94.4 Å². The van der Waals surface area contributed by atoms with Crippen molar-refractivity contribution in [2.24, 2.45) is 4.99 Å². The second kappa shape index (κ2) is 5.09. The molecule has 1 rings (SSSR count). The van der Waals surface area contributed by atoms with Crippen LogP contribution in [-0.2, 0) is 4.79 Å². The molecule has 0 radical (unpaired) electrons. The molecule has 0 fully saturated rings. The van der Waals surface area contributed by atoms with E-state index >= 15 is 0 Å². The van der Waals surface area contributed by atoms with Crippen LogP contribution in [0.1, 0.15) is 5.56 Å². The lowest BCUT2D eigenvalue weighted by atomic mass is 10.2. The molecule has 0 unspecified atom stereocenters. The zero-order valence-corrected chi connectivity index (χ0v) is 8.61. The van der Waals surface area contributed by atoms with Crippen molar-refractivity contribution in [2.45, 2.75) is 6.92 Å². The number of isocyanates is 1. The molecular weight excluding hydrogens is 234 g/mol. The largest absolute Gasteiger partial charge is 0.413 e. The molecule has 0 bridgehead atoms. The average molecular weight is 240 g/mol. The monoisotopic (exact) mass is 240 g/mol. The van der Waals surface area contributed by atoms with Gasteiger partial charge in [-0.15, -0.1) is 8.78 Å². The highest BCUT2D eigenvalue weighted by atomic mass is 19.2. The minimum Gasteiger partial charge on any atom is -0.233 e. The summed E-state index contributed by atoms with van der Waals surface area (Å²) in [5, 5.41) is 0. The summed E-state index contributed by atoms with van der Waals surface area (Å²) in [7, 11) is 0. The van der Waals surface area contributed by atoms with Crippen molar-refractivity contribution in [3.05, 3.63) is 23.8 Å². The highest BCUT2D eigenvalue weighted by Gasteiger charge is 2.23. The number of nitrogens with zero attached hydrogens (tertiary/aromatic N) is 2. The Morgan fingerprint density at radius 3 is 2.35 bits per heavy atom. The summed E-state index contributed by atoms with van der Waals surface area (Å²) in [5.41, 5.74) is 0.226. The van der Waals surface area contributed by atoms with Crippen LogP contribution in [0.3, 0.4) is 0 Å². The number of hydrogen-bond acceptors (Lipinski definition) is 4. The molecule has 0 saturated carbocycles. The molecule has 0 heterocycles. The quantitative estimate of drug-likeness (QED) is 0.345. The third kappa shape index (κ3) is 2.79. The molecule has 0 aliphatic heterocycles. The van der Waals surface area contributed by atoms with Gasteiger partial charge in [0.2, 0.25) is 6.08 Å². The highest BCUT2D eigenvalue weighted by Crippen LogP contribution is 2.26. The predicted octanol–water partition coefficient (Wildman–Crippen LogP) is 2.95. The molecule has 7 heteroatoms. The second-order valence-electron chi connectivity index (χ2n) is 3.02. The van der Waals surface area contributed by atoms with Gasteiger partial charge in [0.25, 0.3) is 0 Å². The summed E-state index contributed by atoms with van der Waals surface area (Å²) >= 11 is 0. The van der Waals surface area contributed by atoms with E-state index in [0.717, 1.165) is 12.1 Å². The van der Waals surface area contributed by atoms with E-state index in [1.54, 1.807) is 6.92 Å². The number of imide groups is 1. The lowest BCUT2D eigenvalue weighted by Crippen LogP contribution is -2.29. The van der Waals surface area contributed by atoms with Crippen molar-refractivity contribution in [3.8, 4) is 0 Å². The summed E-state index contributed by atoms with van der Waals surface area (Å²) in [6.45, 7) is 1.58. The maximum absolute atomic E-state index is 12.4. The lowest BCUT2D eigenvalue weighted by Gasteiger charge is -2.12. The zero-order valence-electron chi connectivity index (χ0n) is 8.61. The van der Waals surface area contributed by atoms with Gasteiger partial charge in [0.05, 0.1) is 11.4 Å². The molecule has 0 aromatic heterocycles. The lowest BCUT2D eigenvalue weighted by molar-refractivity contribution is 0.213. The number of benzene rings is 1. The van der Waals surface area contributed by atoms with Gasteiger partial charge in [-0.3, -0.25) is 0 Å². The molecular formula is C10H6F2N2O3. The van der Waals surface area contributed by atoms with E-state index in [0.29, 0.717) is 5.56 Å². The van der Waals surface area contributed by atoms with E-state index in [4.69, 9.17) is 0 Å². The van der Waals surface area contributed by atoms with Gasteiger partial charge in [-0.2, -0.15) is 9.89 Å². The predicted molar refractivity (Wildman–Crippen MR) is 54.4 cm³/mol. The zero-order chi connectivity index (χ0) is 13.0. The van der Waals surface area contributed by atoms with Crippen LogP contribution in [0.5, 0.6) is 0 Å². The Bertz CT molecular complexity index is 510. The Morgan fingerprint density at radius 1 is 1.29 bits per heavy atom. The summed E-state index contributed by atoms with van der Waals surface area (Å²) in [6, 6.07) is 3.52. The number of aliphatic imine (C=N–C) groups is 1. The standard InChI is InChI=1S/C10H6F2N2O3/c1-6-2-3-7(4-8(6)13-5-15)14(9(11)16)10(12)17/h2-4H,1H3. The minimum atomic E-state index is -2.26. The first-order valence-corrected chi connectivity index (χ1v) is 4.35. The number of anilines is 1. The minimum absolute atomic E-state index is 0.0602. The van der Waals surface area contributed by atoms with Crippen molar-refractivity contribution >= 4 is 29.8 Å². The van der Waals surface area contributed by atoms with E-state index in [1.807, 2.05) is 0 Å². The molecule has 0 saturated heterocycles. The summed E-state index contributed by atoms with van der Waals surface area (Å²) < 4.78 is 24.9. The number of hydrogen-bond donors (Lipinski definition) is 0. The molecule has 88 valence electrons. The molecule has 1 aromatic rings. The third-order valence-electron chi connectivity index (χ3n) is 1.97. The van der Waals surface area contributed by atoms with Crippen molar-refractivity contribution < 1.29 is 23.2 Å². The maximum Gasteiger partial charge on any atom is 0.413 e. The first-order valence-electron chi connectivity index (χ1n) is 4.35. The molecule has 0 N–H and O–H groups in total. The van der Waals surface area contributed by atoms with Crippen molar-refractivity contribution in [1.29, 1.82) is 0 Å². The van der Waals surface area contributed by atoms with Crippen molar-refractivity contribution in [2.75, 3.05) is 4.90 Å². The molecule has 1 aromatic carbocycles. The fourth-order valence-corrected chi connectivity index (χ4v) is 1.18. The Balaban J connectivity index is 3.31. The van der Waals surface area contributed by atoms with Gasteiger partial charge in [0.1, 0.15) is 0 Å². The van der Waals surface area contributed by atoms with E-state index in [1.165, 1.54) is 12.1 Å². The molecule has 2 amide bonds. The number of carbonyl (C=O) groups is 2. The molecule has 0 atom stereocenters. The van der Waals surface area contributed by atoms with Crippen LogP contribution >= 0.6 is 0 Å². The summed E-state index contributed by atoms with van der Waals surface area (Å²) in [4.78, 5) is 33.9. The van der Waals surface area contributed by atoms with Gasteiger partial charge < -0.3 is 0 Å². The molecule has 5 nitrogen and oxygen atoms in total. The van der Waals surface area contributed by atoms with Crippen LogP contribution in [0, 0.1) is 6.92 Å². The third-order valence-corrected chi connectivity index (χ3v) is 1.97. The fourth-order valence-electron chi connectivity index (χ4n) is 1.18. The number of aryl methyl sites for hydroxylation is 1. The molecule has 0 aliphatic carbocycles. The van der Waals surface area contributed by atoms with Gasteiger partial charge in [-0.1, -0.05) is 6.07 Å².